The quantitative estimate of drug-likeness (QED) is 0.513. The van der Waals surface area contributed by atoms with Gasteiger partial charge in [-0.25, -0.2) is 13.8 Å². The Morgan fingerprint density at radius 1 is 1.00 bits per heavy atom. The Bertz CT molecular complexity index is 1220. The summed E-state index contributed by atoms with van der Waals surface area (Å²) in [6, 6.07) is 13.2. The Morgan fingerprint density at radius 3 is 2.52 bits per heavy atom. The van der Waals surface area contributed by atoms with Crippen LogP contribution in [0.1, 0.15) is 0 Å². The maximum atomic E-state index is 14.0. The summed E-state index contributed by atoms with van der Waals surface area (Å²) >= 11 is 1.35. The van der Waals surface area contributed by atoms with Crippen molar-refractivity contribution in [1.29, 1.82) is 0 Å². The first-order valence-corrected chi connectivity index (χ1v) is 10.0. The number of nitrogens with zero attached hydrogens (tertiary/aromatic N) is 3. The van der Waals surface area contributed by atoms with E-state index in [0.717, 1.165) is 17.7 Å². The number of benzene rings is 2. The zero-order chi connectivity index (χ0) is 19.0. The normalized spacial score (nSPS) is 11.6. The van der Waals surface area contributed by atoms with Gasteiger partial charge >= 0.3 is 0 Å². The third-order valence-electron chi connectivity index (χ3n) is 3.80. The van der Waals surface area contributed by atoms with Gasteiger partial charge in [-0.15, -0.1) is 11.3 Å². The summed E-state index contributed by atoms with van der Waals surface area (Å²) in [4.78, 5) is 3.81. The summed E-state index contributed by atoms with van der Waals surface area (Å²) in [5.41, 5.74) is 1.48. The van der Waals surface area contributed by atoms with Crippen LogP contribution in [0.4, 0.5) is 8.78 Å². The van der Waals surface area contributed by atoms with Crippen LogP contribution in [0.2, 0.25) is 0 Å². The Kier molecular flexibility index (Phi) is 4.33. The van der Waals surface area contributed by atoms with Crippen molar-refractivity contribution in [3.63, 3.8) is 0 Å². The third kappa shape index (κ3) is 3.15. The maximum Gasteiger partial charge on any atom is 0.286 e. The molecule has 9 heteroatoms. The number of thiazole rings is 1. The molecule has 4 rings (SSSR count). The van der Waals surface area contributed by atoms with E-state index in [4.69, 9.17) is 0 Å². The molecule has 0 atom stereocenters. The van der Waals surface area contributed by atoms with E-state index in [0.29, 0.717) is 20.9 Å². The van der Waals surface area contributed by atoms with Crippen LogP contribution in [0.25, 0.3) is 22.0 Å². The standard InChI is InChI=1S/C18H11F2N3O2S2/c19-13-6-7-17(14(20)10-13)27(24,25)23-16(8-9-21-23)15-11-26-18(22-15)12-4-2-1-3-5-12/h1-11H. The van der Waals surface area contributed by atoms with Gasteiger partial charge in [0, 0.05) is 17.0 Å². The van der Waals surface area contributed by atoms with E-state index in [2.05, 4.69) is 10.1 Å². The predicted molar refractivity (Wildman–Crippen MR) is 97.7 cm³/mol. The molecule has 0 fully saturated rings. The smallest absolute Gasteiger partial charge is 0.234 e. The Hall–Kier alpha value is -2.91. The van der Waals surface area contributed by atoms with E-state index in [1.807, 2.05) is 30.3 Å². The first kappa shape index (κ1) is 17.5. The zero-order valence-corrected chi connectivity index (χ0v) is 15.2. The van der Waals surface area contributed by atoms with Gasteiger partial charge in [0.1, 0.15) is 32.9 Å². The van der Waals surface area contributed by atoms with E-state index in [1.54, 1.807) is 5.38 Å². The van der Waals surface area contributed by atoms with Crippen molar-refractivity contribution in [3.8, 4) is 22.0 Å². The molecule has 2 aromatic heterocycles. The number of hydrogen-bond donors (Lipinski definition) is 0. The van der Waals surface area contributed by atoms with Crippen LogP contribution in [0.5, 0.6) is 0 Å². The van der Waals surface area contributed by atoms with Crippen LogP contribution >= 0.6 is 11.3 Å². The second-order valence-corrected chi connectivity index (χ2v) is 8.14. The minimum atomic E-state index is -4.35. The summed E-state index contributed by atoms with van der Waals surface area (Å²) in [6.45, 7) is 0. The molecule has 0 N–H and O–H groups in total. The highest BCUT2D eigenvalue weighted by atomic mass is 32.2. The van der Waals surface area contributed by atoms with E-state index in [1.165, 1.54) is 23.6 Å². The zero-order valence-electron chi connectivity index (χ0n) is 13.6. The predicted octanol–water partition coefficient (Wildman–Crippen LogP) is 4.19. The summed E-state index contributed by atoms with van der Waals surface area (Å²) in [6.07, 6.45) is 1.29. The highest BCUT2D eigenvalue weighted by molar-refractivity contribution is 7.90. The SMILES string of the molecule is O=S(=O)(c1ccc(F)cc1F)n1nccc1-c1csc(-c2ccccc2)n1. The van der Waals surface area contributed by atoms with Crippen molar-refractivity contribution >= 4 is 21.4 Å². The molecule has 0 amide bonds. The van der Waals surface area contributed by atoms with Crippen molar-refractivity contribution in [1.82, 2.24) is 14.2 Å². The summed E-state index contributed by atoms with van der Waals surface area (Å²) in [5.74, 6) is -2.04. The monoisotopic (exact) mass is 403 g/mol. The van der Waals surface area contributed by atoms with E-state index in [9.17, 15) is 17.2 Å². The molecule has 0 aliphatic carbocycles. The van der Waals surface area contributed by atoms with Crippen molar-refractivity contribution in [2.75, 3.05) is 0 Å². The molecule has 5 nitrogen and oxygen atoms in total. The van der Waals surface area contributed by atoms with Gasteiger partial charge in [0.15, 0.2) is 0 Å². The second-order valence-electron chi connectivity index (χ2n) is 5.54. The fourth-order valence-corrected chi connectivity index (χ4v) is 4.69. The van der Waals surface area contributed by atoms with E-state index >= 15 is 0 Å². The summed E-state index contributed by atoms with van der Waals surface area (Å²) in [5, 5.41) is 6.23. The highest BCUT2D eigenvalue weighted by Gasteiger charge is 2.26. The Morgan fingerprint density at radius 2 is 1.78 bits per heavy atom. The van der Waals surface area contributed by atoms with E-state index in [-0.39, 0.29) is 5.69 Å². The average molecular weight is 403 g/mol. The third-order valence-corrected chi connectivity index (χ3v) is 6.32. The largest absolute Gasteiger partial charge is 0.286 e. The minimum absolute atomic E-state index is 0.192. The summed E-state index contributed by atoms with van der Waals surface area (Å²) < 4.78 is 53.5. The lowest BCUT2D eigenvalue weighted by atomic mass is 10.2. The molecular weight excluding hydrogens is 392 g/mol. The number of hydrogen-bond acceptors (Lipinski definition) is 5. The molecule has 0 spiro atoms. The van der Waals surface area contributed by atoms with Gasteiger partial charge in [0.2, 0.25) is 0 Å². The van der Waals surface area contributed by atoms with Gasteiger partial charge in [0.05, 0.1) is 6.20 Å². The van der Waals surface area contributed by atoms with Crippen LogP contribution in [0.3, 0.4) is 0 Å². The lowest BCUT2D eigenvalue weighted by Gasteiger charge is -2.08. The van der Waals surface area contributed by atoms with Gasteiger partial charge in [-0.05, 0) is 18.2 Å². The Balaban J connectivity index is 1.79. The van der Waals surface area contributed by atoms with Crippen LogP contribution in [-0.2, 0) is 10.0 Å². The molecule has 27 heavy (non-hydrogen) atoms. The summed E-state index contributed by atoms with van der Waals surface area (Å²) in [7, 11) is -4.35. The Labute approximate surface area is 157 Å². The van der Waals surface area contributed by atoms with Crippen LogP contribution < -0.4 is 0 Å². The van der Waals surface area contributed by atoms with Gasteiger partial charge in [-0.2, -0.15) is 17.6 Å². The molecule has 0 aliphatic rings. The molecule has 0 bridgehead atoms. The molecule has 0 saturated carbocycles. The van der Waals surface area contributed by atoms with Gasteiger partial charge in [-0.3, -0.25) is 0 Å². The molecule has 136 valence electrons. The van der Waals surface area contributed by atoms with Crippen LogP contribution in [0.15, 0.2) is 71.1 Å². The number of rotatable bonds is 4. The van der Waals surface area contributed by atoms with Gasteiger partial charge in [0.25, 0.3) is 10.0 Å². The van der Waals surface area contributed by atoms with Crippen molar-refractivity contribution in [2.45, 2.75) is 4.90 Å². The molecule has 0 saturated heterocycles. The van der Waals surface area contributed by atoms with Crippen molar-refractivity contribution in [2.24, 2.45) is 0 Å². The number of halogens is 2. The van der Waals surface area contributed by atoms with Gasteiger partial charge < -0.3 is 0 Å². The topological polar surface area (TPSA) is 64.8 Å². The number of aromatic nitrogens is 3. The fraction of sp³-hybridized carbons (Fsp3) is 0. The molecule has 2 aromatic carbocycles. The molecule has 2 heterocycles. The average Bonchev–Trinajstić information content (AvgIpc) is 3.32. The lowest BCUT2D eigenvalue weighted by molar-refractivity contribution is 0.542. The lowest BCUT2D eigenvalue weighted by Crippen LogP contribution is -2.17. The molecule has 4 aromatic rings. The van der Waals surface area contributed by atoms with Crippen molar-refractivity contribution < 1.29 is 17.2 Å². The first-order chi connectivity index (χ1) is 13.0. The van der Waals surface area contributed by atoms with Gasteiger partial charge in [-0.1, -0.05) is 30.3 Å². The highest BCUT2D eigenvalue weighted by Crippen LogP contribution is 2.30. The second kappa shape index (κ2) is 6.67. The molecule has 0 radical (unpaired) electrons. The fourth-order valence-electron chi connectivity index (χ4n) is 2.55. The van der Waals surface area contributed by atoms with Crippen LogP contribution in [-0.4, -0.2) is 22.6 Å². The molecular formula is C18H11F2N3O2S2. The minimum Gasteiger partial charge on any atom is -0.234 e. The first-order valence-electron chi connectivity index (χ1n) is 7.73. The molecule has 0 unspecified atom stereocenters. The van der Waals surface area contributed by atoms with E-state index < -0.39 is 26.6 Å². The maximum absolute atomic E-state index is 14.0. The molecule has 0 aliphatic heterocycles. The van der Waals surface area contributed by atoms with Crippen molar-refractivity contribution in [3.05, 3.63) is 77.8 Å². The van der Waals surface area contributed by atoms with Crippen LogP contribution in [0, 0.1) is 11.6 Å².